The molecule has 5 aromatic rings. The molecule has 1 unspecified atom stereocenters. The number of benzene rings is 2. The van der Waals surface area contributed by atoms with Gasteiger partial charge in [-0.3, -0.25) is 10.1 Å². The Bertz CT molecular complexity index is 1540. The Labute approximate surface area is 215 Å². The zero-order valence-electron chi connectivity index (χ0n) is 18.6. The summed E-state index contributed by atoms with van der Waals surface area (Å²) in [4.78, 5) is 23.8. The number of nitrogens with two attached hydrogens (primary N) is 1. The minimum Gasteiger partial charge on any atom is -0.397 e. The summed E-state index contributed by atoms with van der Waals surface area (Å²) in [5, 5.41) is 6.86. The number of aryl methyl sites for hydroxylation is 1. The van der Waals surface area contributed by atoms with E-state index in [1.165, 1.54) is 33.8 Å². The first-order chi connectivity index (χ1) is 17.0. The van der Waals surface area contributed by atoms with Crippen LogP contribution in [-0.2, 0) is 12.8 Å². The van der Waals surface area contributed by atoms with Crippen LogP contribution in [0.2, 0.25) is 5.02 Å². The van der Waals surface area contributed by atoms with Crippen molar-refractivity contribution >= 4 is 61.2 Å². The topological polar surface area (TPSA) is 80.9 Å². The molecule has 35 heavy (non-hydrogen) atoms. The lowest BCUT2D eigenvalue weighted by Gasteiger charge is -2.24. The minimum atomic E-state index is -0.261. The summed E-state index contributed by atoms with van der Waals surface area (Å²) in [7, 11) is 0. The van der Waals surface area contributed by atoms with Crippen molar-refractivity contribution in [3.05, 3.63) is 92.8 Å². The van der Waals surface area contributed by atoms with E-state index >= 15 is 0 Å². The molecule has 6 rings (SSSR count). The zero-order chi connectivity index (χ0) is 23.9. The molecule has 0 spiro atoms. The molecule has 2 aromatic carbocycles. The molecule has 3 heterocycles. The van der Waals surface area contributed by atoms with Crippen molar-refractivity contribution in [1.29, 1.82) is 0 Å². The molecule has 0 saturated heterocycles. The molecule has 8 heteroatoms. The summed E-state index contributed by atoms with van der Waals surface area (Å²) in [5.74, 6) is 0.216. The van der Waals surface area contributed by atoms with Crippen molar-refractivity contribution in [3.8, 4) is 11.3 Å². The summed E-state index contributed by atoms with van der Waals surface area (Å²) in [6.07, 6.45) is 2.94. The van der Waals surface area contributed by atoms with Gasteiger partial charge in [-0.25, -0.2) is 9.97 Å². The number of nitrogen functional groups attached to an aromatic ring is 1. The maximum atomic E-state index is 13.1. The average molecular weight is 517 g/mol. The highest BCUT2D eigenvalue weighted by Crippen LogP contribution is 2.39. The second-order valence-corrected chi connectivity index (χ2v) is 10.9. The number of rotatable bonds is 4. The highest BCUT2D eigenvalue weighted by molar-refractivity contribution is 7.21. The van der Waals surface area contributed by atoms with Gasteiger partial charge in [0, 0.05) is 27.0 Å². The van der Waals surface area contributed by atoms with Crippen molar-refractivity contribution < 1.29 is 4.79 Å². The molecule has 174 valence electrons. The molecular formula is C27H21ClN4OS2. The van der Waals surface area contributed by atoms with Crippen LogP contribution >= 0.6 is 34.3 Å². The quantitative estimate of drug-likeness (QED) is 0.265. The summed E-state index contributed by atoms with van der Waals surface area (Å²) in [6.45, 7) is 0. The van der Waals surface area contributed by atoms with E-state index in [2.05, 4.69) is 40.6 Å². The van der Waals surface area contributed by atoms with Crippen molar-refractivity contribution in [1.82, 2.24) is 9.97 Å². The van der Waals surface area contributed by atoms with Gasteiger partial charge in [0.15, 0.2) is 5.13 Å². The number of aromatic nitrogens is 2. The van der Waals surface area contributed by atoms with E-state index < -0.39 is 0 Å². The largest absolute Gasteiger partial charge is 0.397 e. The third kappa shape index (κ3) is 4.31. The van der Waals surface area contributed by atoms with Crippen LogP contribution in [0.3, 0.4) is 0 Å². The van der Waals surface area contributed by atoms with Gasteiger partial charge in [-0.05, 0) is 54.5 Å². The number of carbonyl (C=O) groups is 1. The van der Waals surface area contributed by atoms with Crippen LogP contribution < -0.4 is 11.1 Å². The minimum absolute atomic E-state index is 0.261. The van der Waals surface area contributed by atoms with Gasteiger partial charge in [0.25, 0.3) is 5.91 Å². The molecule has 5 nitrogen and oxygen atoms in total. The van der Waals surface area contributed by atoms with Gasteiger partial charge in [-0.2, -0.15) is 0 Å². The number of amides is 1. The molecule has 3 N–H and O–H groups in total. The fraction of sp³-hybridized carbons (Fsp3) is 0.148. The summed E-state index contributed by atoms with van der Waals surface area (Å²) < 4.78 is 0. The van der Waals surface area contributed by atoms with Crippen molar-refractivity contribution in [2.24, 2.45) is 0 Å². The summed E-state index contributed by atoms with van der Waals surface area (Å²) in [5.41, 5.74) is 12.4. The predicted octanol–water partition coefficient (Wildman–Crippen LogP) is 7.18. The fourth-order valence-electron chi connectivity index (χ4n) is 4.61. The first kappa shape index (κ1) is 22.2. The average Bonchev–Trinajstić information content (AvgIpc) is 3.47. The number of nitrogens with one attached hydrogen (secondary N) is 1. The first-order valence-electron chi connectivity index (χ1n) is 11.3. The van der Waals surface area contributed by atoms with Gasteiger partial charge in [-0.15, -0.1) is 22.7 Å². The molecule has 1 aliphatic carbocycles. The Morgan fingerprint density at radius 1 is 1.09 bits per heavy atom. The molecule has 0 saturated carbocycles. The van der Waals surface area contributed by atoms with Crippen LogP contribution in [0.4, 0.5) is 10.8 Å². The summed E-state index contributed by atoms with van der Waals surface area (Å²) in [6, 6.07) is 20.2. The number of fused-ring (bicyclic) bond motifs is 2. The monoisotopic (exact) mass is 516 g/mol. The zero-order valence-corrected chi connectivity index (χ0v) is 21.0. The van der Waals surface area contributed by atoms with Crippen LogP contribution in [0.5, 0.6) is 0 Å². The predicted molar refractivity (Wildman–Crippen MR) is 146 cm³/mol. The number of pyridine rings is 1. The lowest BCUT2D eigenvalue weighted by atomic mass is 9.82. The second kappa shape index (κ2) is 9.07. The van der Waals surface area contributed by atoms with Crippen LogP contribution in [0.15, 0.2) is 66.0 Å². The smallest absolute Gasteiger partial charge is 0.269 e. The molecule has 3 aromatic heterocycles. The van der Waals surface area contributed by atoms with E-state index in [0.717, 1.165) is 46.4 Å². The fourth-order valence-corrected chi connectivity index (χ4v) is 6.44. The van der Waals surface area contributed by atoms with E-state index in [4.69, 9.17) is 22.3 Å². The molecule has 0 aliphatic heterocycles. The standard InChI is InChI=1S/C27H21ClN4OS2/c28-19-9-6-16(7-10-19)22-14-34-27(31-22)32-25(33)24-23(29)20-13-18-12-17(15-4-2-1-3-5-15)8-11-21(18)30-26(20)35-24/h1-7,9-10,13-14,17H,8,11-12,29H2,(H,31,32,33). The number of carbonyl (C=O) groups excluding carboxylic acids is 1. The number of nitrogens with zero attached hydrogens (tertiary/aromatic N) is 2. The van der Waals surface area contributed by atoms with Gasteiger partial charge >= 0.3 is 0 Å². The number of thiazole rings is 1. The highest BCUT2D eigenvalue weighted by atomic mass is 35.5. The SMILES string of the molecule is Nc1c(C(=O)Nc2nc(-c3ccc(Cl)cc3)cs2)sc2nc3c(cc12)CC(c1ccccc1)CC3. The number of hydrogen-bond donors (Lipinski definition) is 2. The molecular weight excluding hydrogens is 496 g/mol. The number of thiophene rings is 1. The maximum Gasteiger partial charge on any atom is 0.269 e. The third-order valence-corrected chi connectivity index (χ3v) is 8.55. The van der Waals surface area contributed by atoms with Crippen LogP contribution in [0.25, 0.3) is 21.5 Å². The Morgan fingerprint density at radius 2 is 1.89 bits per heavy atom. The number of hydrogen-bond acceptors (Lipinski definition) is 6. The Balaban J connectivity index is 1.25. The van der Waals surface area contributed by atoms with Gasteiger partial charge in [0.05, 0.1) is 11.4 Å². The molecule has 0 fully saturated rings. The van der Waals surface area contributed by atoms with Crippen molar-refractivity contribution in [3.63, 3.8) is 0 Å². The Hall–Kier alpha value is -3.26. The van der Waals surface area contributed by atoms with Crippen molar-refractivity contribution in [2.45, 2.75) is 25.2 Å². The van der Waals surface area contributed by atoms with Crippen LogP contribution in [-0.4, -0.2) is 15.9 Å². The van der Waals surface area contributed by atoms with E-state index in [1.54, 1.807) is 0 Å². The normalized spacial score (nSPS) is 15.2. The Morgan fingerprint density at radius 3 is 2.69 bits per heavy atom. The summed E-state index contributed by atoms with van der Waals surface area (Å²) >= 11 is 8.69. The number of halogens is 1. The third-order valence-electron chi connectivity index (χ3n) is 6.43. The first-order valence-corrected chi connectivity index (χ1v) is 13.4. The second-order valence-electron chi connectivity index (χ2n) is 8.64. The van der Waals surface area contributed by atoms with E-state index in [9.17, 15) is 4.79 Å². The van der Waals surface area contributed by atoms with Gasteiger partial charge in [0.1, 0.15) is 9.71 Å². The van der Waals surface area contributed by atoms with E-state index in [-0.39, 0.29) is 5.91 Å². The molecule has 1 aliphatic rings. The van der Waals surface area contributed by atoms with Gasteiger partial charge in [0.2, 0.25) is 0 Å². The van der Waals surface area contributed by atoms with E-state index in [1.807, 2.05) is 35.7 Å². The Kier molecular flexibility index (Phi) is 5.76. The van der Waals surface area contributed by atoms with Crippen LogP contribution in [0.1, 0.15) is 38.8 Å². The van der Waals surface area contributed by atoms with E-state index in [0.29, 0.717) is 26.6 Å². The van der Waals surface area contributed by atoms with Crippen molar-refractivity contribution in [2.75, 3.05) is 11.1 Å². The lowest BCUT2D eigenvalue weighted by Crippen LogP contribution is -2.14. The van der Waals surface area contributed by atoms with Gasteiger partial charge in [-0.1, -0.05) is 54.1 Å². The molecule has 1 amide bonds. The maximum absolute atomic E-state index is 13.1. The molecule has 1 atom stereocenters. The lowest BCUT2D eigenvalue weighted by molar-refractivity contribution is 0.103. The van der Waals surface area contributed by atoms with Gasteiger partial charge < -0.3 is 5.73 Å². The molecule has 0 radical (unpaired) electrons. The molecule has 0 bridgehead atoms. The highest BCUT2D eigenvalue weighted by Gasteiger charge is 2.25. The van der Waals surface area contributed by atoms with Crippen LogP contribution in [0, 0.1) is 0 Å². The number of anilines is 2.